The summed E-state index contributed by atoms with van der Waals surface area (Å²) >= 11 is 5.52. The molecular formula is C15H14ClFN2O. The first-order chi connectivity index (χ1) is 9.72. The van der Waals surface area contributed by atoms with Gasteiger partial charge in [-0.2, -0.15) is 5.10 Å². The molecule has 0 amide bonds. The van der Waals surface area contributed by atoms with Gasteiger partial charge in [-0.05, 0) is 25.1 Å². The fourth-order valence-corrected chi connectivity index (χ4v) is 1.74. The van der Waals surface area contributed by atoms with Gasteiger partial charge in [0, 0.05) is 18.3 Å². The maximum atomic E-state index is 13.2. The highest BCUT2D eigenvalue weighted by Crippen LogP contribution is 2.20. The second-order valence-electron chi connectivity index (χ2n) is 4.07. The van der Waals surface area contributed by atoms with E-state index in [9.17, 15) is 4.39 Å². The molecule has 0 spiro atoms. The molecule has 0 aliphatic carbocycles. The highest BCUT2D eigenvalue weighted by molar-refractivity contribution is 6.19. The second kappa shape index (κ2) is 6.97. The number of hydrogen-bond acceptors (Lipinski definition) is 2. The van der Waals surface area contributed by atoms with Gasteiger partial charge in [0.1, 0.15) is 18.2 Å². The maximum absolute atomic E-state index is 13.2. The van der Waals surface area contributed by atoms with Crippen molar-refractivity contribution in [3.05, 3.63) is 47.5 Å². The molecule has 104 valence electrons. The molecule has 1 aromatic carbocycles. The van der Waals surface area contributed by atoms with Gasteiger partial charge in [0.2, 0.25) is 0 Å². The standard InChI is InChI=1S/C15H14ClFN2O/c1-2-19-10-12(9-18-19)11-20-15-6-5-14(17)8-13(15)4-3-7-16/h5-6,8-10H,2,7,11H2,1H3. The molecule has 5 heteroatoms. The summed E-state index contributed by atoms with van der Waals surface area (Å²) in [4.78, 5) is 0. The van der Waals surface area contributed by atoms with Crippen molar-refractivity contribution < 1.29 is 9.13 Å². The van der Waals surface area contributed by atoms with Crippen molar-refractivity contribution >= 4 is 11.6 Å². The van der Waals surface area contributed by atoms with Gasteiger partial charge in [-0.1, -0.05) is 11.8 Å². The molecule has 2 rings (SSSR count). The van der Waals surface area contributed by atoms with Gasteiger partial charge in [0.15, 0.2) is 0 Å². The third-order valence-electron chi connectivity index (χ3n) is 2.64. The van der Waals surface area contributed by atoms with Crippen LogP contribution in [-0.4, -0.2) is 15.7 Å². The van der Waals surface area contributed by atoms with E-state index in [1.54, 1.807) is 12.3 Å². The van der Waals surface area contributed by atoms with Crippen molar-refractivity contribution in [2.75, 3.05) is 5.88 Å². The van der Waals surface area contributed by atoms with Crippen LogP contribution < -0.4 is 4.74 Å². The summed E-state index contributed by atoms with van der Waals surface area (Å²) in [7, 11) is 0. The van der Waals surface area contributed by atoms with Crippen LogP contribution in [0.15, 0.2) is 30.6 Å². The summed E-state index contributed by atoms with van der Waals surface area (Å²) in [5, 5.41) is 4.16. The Morgan fingerprint density at radius 1 is 1.45 bits per heavy atom. The van der Waals surface area contributed by atoms with Gasteiger partial charge in [-0.25, -0.2) is 4.39 Å². The van der Waals surface area contributed by atoms with Crippen LogP contribution in [0, 0.1) is 17.7 Å². The van der Waals surface area contributed by atoms with Crippen LogP contribution in [0.3, 0.4) is 0 Å². The number of rotatable bonds is 4. The molecule has 3 nitrogen and oxygen atoms in total. The van der Waals surface area contributed by atoms with E-state index in [2.05, 4.69) is 16.9 Å². The number of halogens is 2. The van der Waals surface area contributed by atoms with Gasteiger partial charge in [0.05, 0.1) is 17.6 Å². The van der Waals surface area contributed by atoms with E-state index in [4.69, 9.17) is 16.3 Å². The zero-order valence-corrected chi connectivity index (χ0v) is 11.8. The van der Waals surface area contributed by atoms with Gasteiger partial charge < -0.3 is 4.74 Å². The minimum atomic E-state index is -0.352. The highest BCUT2D eigenvalue weighted by Gasteiger charge is 2.05. The Balaban J connectivity index is 2.12. The highest BCUT2D eigenvalue weighted by atomic mass is 35.5. The summed E-state index contributed by atoms with van der Waals surface area (Å²) in [5.41, 5.74) is 1.45. The number of hydrogen-bond donors (Lipinski definition) is 0. The molecule has 20 heavy (non-hydrogen) atoms. The Kier molecular flexibility index (Phi) is 5.03. The summed E-state index contributed by atoms with van der Waals surface area (Å²) in [5.74, 6) is 5.86. The van der Waals surface area contributed by atoms with Crippen LogP contribution in [-0.2, 0) is 13.2 Å². The van der Waals surface area contributed by atoms with Crippen molar-refractivity contribution in [2.24, 2.45) is 0 Å². The van der Waals surface area contributed by atoms with Gasteiger partial charge in [-0.3, -0.25) is 4.68 Å². The van der Waals surface area contributed by atoms with E-state index in [1.165, 1.54) is 12.1 Å². The van der Waals surface area contributed by atoms with Crippen LogP contribution in [0.2, 0.25) is 0 Å². The zero-order chi connectivity index (χ0) is 14.4. The molecule has 1 aromatic heterocycles. The molecular weight excluding hydrogens is 279 g/mol. The van der Waals surface area contributed by atoms with E-state index in [0.717, 1.165) is 12.1 Å². The lowest BCUT2D eigenvalue weighted by molar-refractivity contribution is 0.304. The largest absolute Gasteiger partial charge is 0.487 e. The van der Waals surface area contributed by atoms with Crippen molar-refractivity contribution in [2.45, 2.75) is 20.1 Å². The van der Waals surface area contributed by atoms with Crippen LogP contribution in [0.5, 0.6) is 5.75 Å². The predicted molar refractivity (Wildman–Crippen MR) is 76.2 cm³/mol. The molecule has 0 fully saturated rings. The molecule has 0 saturated carbocycles. The lowest BCUT2D eigenvalue weighted by atomic mass is 10.2. The molecule has 0 radical (unpaired) electrons. The second-order valence-corrected chi connectivity index (χ2v) is 4.34. The van der Waals surface area contributed by atoms with E-state index < -0.39 is 0 Å². The minimum absolute atomic E-state index is 0.194. The summed E-state index contributed by atoms with van der Waals surface area (Å²) in [6.45, 7) is 3.18. The molecule has 2 aromatic rings. The fraction of sp³-hybridized carbons (Fsp3) is 0.267. The third kappa shape index (κ3) is 3.75. The smallest absolute Gasteiger partial charge is 0.135 e. The van der Waals surface area contributed by atoms with Crippen LogP contribution >= 0.6 is 11.6 Å². The number of ether oxygens (including phenoxy) is 1. The Hall–Kier alpha value is -1.99. The summed E-state index contributed by atoms with van der Waals surface area (Å²) < 4.78 is 20.7. The summed E-state index contributed by atoms with van der Waals surface area (Å²) in [6.07, 6.45) is 3.66. The van der Waals surface area contributed by atoms with Crippen LogP contribution in [0.4, 0.5) is 4.39 Å². The number of aromatic nitrogens is 2. The molecule has 0 unspecified atom stereocenters. The van der Waals surface area contributed by atoms with E-state index in [-0.39, 0.29) is 11.7 Å². The Morgan fingerprint density at radius 3 is 3.00 bits per heavy atom. The Morgan fingerprint density at radius 2 is 2.30 bits per heavy atom. The van der Waals surface area contributed by atoms with Gasteiger partial charge in [0.25, 0.3) is 0 Å². The lowest BCUT2D eigenvalue weighted by Gasteiger charge is -2.07. The zero-order valence-electron chi connectivity index (χ0n) is 11.1. The van der Waals surface area contributed by atoms with Gasteiger partial charge in [-0.15, -0.1) is 11.6 Å². The molecule has 0 atom stereocenters. The molecule has 0 N–H and O–H groups in total. The first kappa shape index (κ1) is 14.4. The Labute approximate surface area is 122 Å². The minimum Gasteiger partial charge on any atom is -0.487 e. The monoisotopic (exact) mass is 292 g/mol. The number of nitrogens with zero attached hydrogens (tertiary/aromatic N) is 2. The van der Waals surface area contributed by atoms with Crippen molar-refractivity contribution in [3.8, 4) is 17.6 Å². The van der Waals surface area contributed by atoms with Crippen LogP contribution in [0.25, 0.3) is 0 Å². The van der Waals surface area contributed by atoms with Crippen molar-refractivity contribution in [1.29, 1.82) is 0 Å². The first-order valence-corrected chi connectivity index (χ1v) is 6.75. The molecule has 0 saturated heterocycles. The van der Waals surface area contributed by atoms with Crippen LogP contribution in [0.1, 0.15) is 18.1 Å². The SMILES string of the molecule is CCn1cc(COc2ccc(F)cc2C#CCCl)cn1. The van der Waals surface area contributed by atoms with Gasteiger partial charge >= 0.3 is 0 Å². The molecule has 0 aliphatic heterocycles. The summed E-state index contributed by atoms with van der Waals surface area (Å²) in [6, 6.07) is 4.25. The van der Waals surface area contributed by atoms with Crippen molar-refractivity contribution in [1.82, 2.24) is 9.78 Å². The number of benzene rings is 1. The number of aryl methyl sites for hydroxylation is 1. The predicted octanol–water partition coefficient (Wildman–Crippen LogP) is 3.21. The molecule has 0 bridgehead atoms. The van der Waals surface area contributed by atoms with E-state index >= 15 is 0 Å². The van der Waals surface area contributed by atoms with Crippen molar-refractivity contribution in [3.63, 3.8) is 0 Å². The average molecular weight is 293 g/mol. The molecule has 0 aliphatic rings. The Bertz CT molecular complexity index is 643. The maximum Gasteiger partial charge on any atom is 0.135 e. The topological polar surface area (TPSA) is 27.1 Å². The van der Waals surface area contributed by atoms with E-state index in [0.29, 0.717) is 17.9 Å². The third-order valence-corrected chi connectivity index (χ3v) is 2.77. The lowest BCUT2D eigenvalue weighted by Crippen LogP contribution is -1.97. The average Bonchev–Trinajstić information content (AvgIpc) is 2.92. The number of alkyl halides is 1. The van der Waals surface area contributed by atoms with E-state index in [1.807, 2.05) is 17.8 Å². The fourth-order valence-electron chi connectivity index (χ4n) is 1.67. The molecule has 1 heterocycles. The quantitative estimate of drug-likeness (QED) is 0.639. The normalized spacial score (nSPS) is 9.95. The first-order valence-electron chi connectivity index (χ1n) is 6.21.